The molecule has 12 nitrogen and oxygen atoms in total. The lowest BCUT2D eigenvalue weighted by atomic mass is 9.96. The fourth-order valence-electron chi connectivity index (χ4n) is 7.80. The maximum atomic E-state index is 14.4. The second-order valence-electron chi connectivity index (χ2n) is 14.4. The number of piperidine rings is 1. The third-order valence-corrected chi connectivity index (χ3v) is 10.7. The van der Waals surface area contributed by atoms with E-state index in [1.165, 1.54) is 17.9 Å². The average Bonchev–Trinajstić information content (AvgIpc) is 3.50. The molecule has 4 atom stereocenters. The van der Waals surface area contributed by atoms with Crippen molar-refractivity contribution in [3.05, 3.63) is 65.0 Å². The van der Waals surface area contributed by atoms with Gasteiger partial charge in [0.15, 0.2) is 5.78 Å². The number of carbonyl (C=O) groups is 3. The molecule has 2 aliphatic heterocycles. The number of aryl methyl sites for hydroxylation is 3. The van der Waals surface area contributed by atoms with Crippen LogP contribution in [0.3, 0.4) is 0 Å². The smallest absolute Gasteiger partial charge is 0.379 e. The van der Waals surface area contributed by atoms with Crippen LogP contribution in [0.15, 0.2) is 36.7 Å². The first-order chi connectivity index (χ1) is 24.7. The number of amides is 2. The van der Waals surface area contributed by atoms with Gasteiger partial charge in [-0.05, 0) is 87.3 Å². The number of rotatable bonds is 4. The molecule has 0 radical (unpaired) electrons. The maximum absolute atomic E-state index is 14.4. The van der Waals surface area contributed by atoms with Gasteiger partial charge in [-0.3, -0.25) is 24.4 Å². The summed E-state index contributed by atoms with van der Waals surface area (Å²) in [6.45, 7) is 4.87. The SMILES string of the molecule is CC(=O)c1nn2c3c(cc(-c4cnc(C)nc4)cc13)CCCCCCC(O)NC[C@@]13C[C@@H](C(=O)Nc4nc(C(F)(F)F)ccc4C)N(C(=O)C2)[C@@H]1C3. The van der Waals surface area contributed by atoms with Crippen LogP contribution < -0.4 is 10.6 Å². The van der Waals surface area contributed by atoms with Crippen molar-refractivity contribution < 1.29 is 32.7 Å². The van der Waals surface area contributed by atoms with Gasteiger partial charge in [-0.25, -0.2) is 15.0 Å². The van der Waals surface area contributed by atoms with Crippen molar-refractivity contribution in [1.82, 2.24) is 34.9 Å². The molecule has 5 heterocycles. The summed E-state index contributed by atoms with van der Waals surface area (Å²) in [4.78, 5) is 55.2. The largest absolute Gasteiger partial charge is 0.433 e. The van der Waals surface area contributed by atoms with E-state index in [-0.39, 0.29) is 36.3 Å². The summed E-state index contributed by atoms with van der Waals surface area (Å²) in [5, 5.41) is 21.8. The number of alkyl halides is 3. The number of nitrogens with zero attached hydrogens (tertiary/aromatic N) is 6. The molecule has 1 saturated heterocycles. The molecule has 2 bridgehead atoms. The van der Waals surface area contributed by atoms with Crippen molar-refractivity contribution in [2.75, 3.05) is 11.9 Å². The van der Waals surface area contributed by atoms with E-state index in [0.29, 0.717) is 48.1 Å². The zero-order valence-electron chi connectivity index (χ0n) is 29.3. The molecule has 1 aromatic carbocycles. The van der Waals surface area contributed by atoms with Gasteiger partial charge in [0.25, 0.3) is 0 Å². The Morgan fingerprint density at radius 3 is 2.52 bits per heavy atom. The predicted molar refractivity (Wildman–Crippen MR) is 185 cm³/mol. The van der Waals surface area contributed by atoms with Crippen molar-refractivity contribution in [3.63, 3.8) is 0 Å². The summed E-state index contributed by atoms with van der Waals surface area (Å²) in [6, 6.07) is 4.63. The number of carbonyl (C=O) groups excluding carboxylic acids is 3. The molecule has 2 fully saturated rings. The average molecular weight is 719 g/mol. The van der Waals surface area contributed by atoms with Crippen LogP contribution in [-0.4, -0.2) is 77.2 Å². The lowest BCUT2D eigenvalue weighted by Gasteiger charge is -2.27. The lowest BCUT2D eigenvalue weighted by molar-refractivity contribution is -0.141. The van der Waals surface area contributed by atoms with E-state index in [2.05, 4.69) is 30.7 Å². The Kier molecular flexibility index (Phi) is 9.36. The van der Waals surface area contributed by atoms with E-state index < -0.39 is 41.4 Å². The number of aliphatic hydroxyl groups excluding tert-OH is 1. The number of ketones is 1. The quantitative estimate of drug-likeness (QED) is 0.244. The molecule has 3 N–H and O–H groups in total. The number of hydrogen-bond acceptors (Lipinski definition) is 9. The first kappa shape index (κ1) is 35.6. The summed E-state index contributed by atoms with van der Waals surface area (Å²) in [7, 11) is 0. The van der Waals surface area contributed by atoms with E-state index in [1.54, 1.807) is 30.9 Å². The number of hydrogen-bond donors (Lipinski definition) is 3. The number of nitrogens with one attached hydrogen (secondary N) is 2. The summed E-state index contributed by atoms with van der Waals surface area (Å²) in [6.07, 6.45) is 3.44. The van der Waals surface area contributed by atoms with Gasteiger partial charge in [0.05, 0.1) is 5.52 Å². The third kappa shape index (κ3) is 6.90. The molecule has 52 heavy (non-hydrogen) atoms. The van der Waals surface area contributed by atoms with Gasteiger partial charge < -0.3 is 15.3 Å². The van der Waals surface area contributed by atoms with Crippen molar-refractivity contribution in [1.29, 1.82) is 0 Å². The molecule has 1 aliphatic carbocycles. The van der Waals surface area contributed by atoms with Crippen LogP contribution in [0.25, 0.3) is 22.0 Å². The van der Waals surface area contributed by atoms with Crippen molar-refractivity contribution >= 4 is 34.3 Å². The molecule has 15 heteroatoms. The highest BCUT2D eigenvalue weighted by Gasteiger charge is 2.67. The van der Waals surface area contributed by atoms with Gasteiger partial charge in [-0.1, -0.05) is 18.9 Å². The van der Waals surface area contributed by atoms with Crippen LogP contribution in [0.1, 0.15) is 85.0 Å². The first-order valence-corrected chi connectivity index (χ1v) is 17.7. The van der Waals surface area contributed by atoms with Crippen LogP contribution in [0.2, 0.25) is 0 Å². The van der Waals surface area contributed by atoms with E-state index in [1.807, 2.05) is 12.1 Å². The number of pyridine rings is 1. The molecule has 4 aromatic rings. The fourth-order valence-corrected chi connectivity index (χ4v) is 7.80. The number of halogens is 3. The Hall–Kier alpha value is -4.76. The molecule has 274 valence electrons. The highest BCUT2D eigenvalue weighted by atomic mass is 19.4. The molecule has 2 amide bonds. The third-order valence-electron chi connectivity index (χ3n) is 10.7. The monoisotopic (exact) mass is 718 g/mol. The fraction of sp³-hybridized carbons (Fsp3) is 0.486. The van der Waals surface area contributed by atoms with Gasteiger partial charge >= 0.3 is 6.18 Å². The minimum atomic E-state index is -4.71. The molecule has 3 aromatic heterocycles. The van der Waals surface area contributed by atoms with E-state index >= 15 is 0 Å². The normalized spacial score (nSPS) is 24.0. The van der Waals surface area contributed by atoms with Crippen molar-refractivity contribution in [2.24, 2.45) is 5.41 Å². The van der Waals surface area contributed by atoms with E-state index in [4.69, 9.17) is 0 Å². The standard InChI is InChI=1S/C37H41F3N8O4/c1-20-10-11-28(37(38,39)40)44-34(20)45-35(52)27-14-36-15-29(36)48(27)31(51)18-47-33-23(8-6-4-5-7-9-30(50)43-19-36)12-24(25-16-41-22(3)42-17-25)13-26(33)32(46-47)21(2)49/h10-13,16-17,27,29-30,43,50H,4-9,14-15,18-19H2,1-3H3,(H,44,45,52)/t27-,29+,30?,36-/m0/s1. The Morgan fingerprint density at radius 2 is 1.79 bits per heavy atom. The Labute approximate surface area is 298 Å². The van der Waals surface area contributed by atoms with Gasteiger partial charge in [-0.2, -0.15) is 18.3 Å². The summed E-state index contributed by atoms with van der Waals surface area (Å²) in [5.74, 6) is -0.932. The zero-order valence-corrected chi connectivity index (χ0v) is 29.3. The van der Waals surface area contributed by atoms with Crippen LogP contribution in [0.4, 0.5) is 19.0 Å². The molecule has 1 unspecified atom stereocenters. The molecule has 7 rings (SSSR count). The molecular formula is C37H41F3N8O4. The molecule has 0 spiro atoms. The molecular weight excluding hydrogens is 677 g/mol. The van der Waals surface area contributed by atoms with E-state index in [0.717, 1.165) is 48.4 Å². The number of benzene rings is 1. The van der Waals surface area contributed by atoms with E-state index in [9.17, 15) is 32.7 Å². The van der Waals surface area contributed by atoms with Crippen molar-refractivity contribution in [3.8, 4) is 11.1 Å². The van der Waals surface area contributed by atoms with Crippen LogP contribution >= 0.6 is 0 Å². The zero-order chi connectivity index (χ0) is 36.9. The van der Waals surface area contributed by atoms with Crippen LogP contribution in [-0.2, 0) is 28.7 Å². The summed E-state index contributed by atoms with van der Waals surface area (Å²) in [5.41, 5.74) is 2.05. The minimum Gasteiger partial charge on any atom is -0.379 e. The summed E-state index contributed by atoms with van der Waals surface area (Å²) < 4.78 is 42.1. The predicted octanol–water partition coefficient (Wildman–Crippen LogP) is 5.14. The van der Waals surface area contributed by atoms with Crippen molar-refractivity contribution in [2.45, 2.75) is 103 Å². The number of Topliss-reactive ketones (excluding diaryl/α,β-unsaturated/α-hetero) is 1. The van der Waals surface area contributed by atoms with Gasteiger partial charge in [0.1, 0.15) is 41.8 Å². The Balaban J connectivity index is 1.27. The lowest BCUT2D eigenvalue weighted by Crippen LogP contribution is -2.47. The Bertz CT molecular complexity index is 2050. The minimum absolute atomic E-state index is 0.217. The maximum Gasteiger partial charge on any atom is 0.433 e. The number of aromatic nitrogens is 5. The highest BCUT2D eigenvalue weighted by Crippen LogP contribution is 2.59. The van der Waals surface area contributed by atoms with Crippen LogP contribution in [0.5, 0.6) is 0 Å². The number of anilines is 1. The van der Waals surface area contributed by atoms with Gasteiger partial charge in [-0.15, -0.1) is 0 Å². The highest BCUT2D eigenvalue weighted by molar-refractivity contribution is 6.07. The second kappa shape index (κ2) is 13.7. The number of aliphatic hydroxyl groups is 1. The Morgan fingerprint density at radius 1 is 1.04 bits per heavy atom. The topological polar surface area (TPSA) is 155 Å². The molecule has 1 saturated carbocycles. The van der Waals surface area contributed by atoms with Gasteiger partial charge in [0.2, 0.25) is 11.8 Å². The first-order valence-electron chi connectivity index (χ1n) is 17.7. The second-order valence-corrected chi connectivity index (χ2v) is 14.4. The van der Waals surface area contributed by atoms with Crippen LogP contribution in [0, 0.1) is 19.3 Å². The van der Waals surface area contributed by atoms with Gasteiger partial charge in [0, 0.05) is 48.3 Å². The molecule has 3 aliphatic rings. The summed E-state index contributed by atoms with van der Waals surface area (Å²) >= 11 is 0.